The minimum Gasteiger partial charge on any atom is -0.490 e. The summed E-state index contributed by atoms with van der Waals surface area (Å²) in [6, 6.07) is 10.2. The fourth-order valence-electron chi connectivity index (χ4n) is 8.56. The number of carbonyl (C=O) groups is 3. The van der Waals surface area contributed by atoms with Gasteiger partial charge in [-0.2, -0.15) is 5.10 Å². The number of rotatable bonds is 10. The van der Waals surface area contributed by atoms with Gasteiger partial charge in [-0.25, -0.2) is 14.2 Å². The molecule has 2 atom stereocenters. The first-order valence-electron chi connectivity index (χ1n) is 20.0. The molecule has 4 aliphatic rings. The smallest absolute Gasteiger partial charge is 0.329 e. The van der Waals surface area contributed by atoms with E-state index in [1.54, 1.807) is 35.5 Å². The van der Waals surface area contributed by atoms with Gasteiger partial charge in [0.1, 0.15) is 29.1 Å². The van der Waals surface area contributed by atoms with Gasteiger partial charge in [-0.15, -0.1) is 0 Å². The predicted molar refractivity (Wildman–Crippen MR) is 213 cm³/mol. The van der Waals surface area contributed by atoms with Crippen molar-refractivity contribution in [3.63, 3.8) is 0 Å². The number of alkyl halides is 1. The monoisotopic (exact) mass is 778 g/mol. The molecule has 2 saturated heterocycles. The number of fused-ring (bicyclic) bond motifs is 2. The molecule has 4 amide bonds. The Balaban J connectivity index is 0.802. The van der Waals surface area contributed by atoms with E-state index >= 15 is 0 Å². The summed E-state index contributed by atoms with van der Waals surface area (Å²) in [5.41, 5.74) is 2.58. The summed E-state index contributed by atoms with van der Waals surface area (Å²) in [5.74, 6) is 0.920. The molecule has 16 heteroatoms. The number of imide groups is 1. The number of hydrogen-bond acceptors (Lipinski definition) is 9. The molecule has 5 aromatic rings. The fourth-order valence-corrected chi connectivity index (χ4v) is 8.56. The number of imidazole rings is 1. The van der Waals surface area contributed by atoms with Gasteiger partial charge in [0.25, 0.3) is 11.5 Å². The first kappa shape index (κ1) is 36.8. The second-order valence-electron chi connectivity index (χ2n) is 16.0. The van der Waals surface area contributed by atoms with Crippen molar-refractivity contribution in [3.8, 4) is 5.75 Å². The predicted octanol–water partition coefficient (Wildman–Crippen LogP) is 5.17. The number of ether oxygens (including phenoxy) is 1. The van der Waals surface area contributed by atoms with Crippen LogP contribution in [0.25, 0.3) is 16.6 Å². The molecule has 57 heavy (non-hydrogen) atoms. The topological polar surface area (TPSA) is 151 Å². The molecule has 9 rings (SSSR count). The lowest BCUT2D eigenvalue weighted by Gasteiger charge is -2.39. The minimum absolute atomic E-state index is 0.0981. The maximum absolute atomic E-state index is 13.7. The number of nitrogens with one attached hydrogen (secondary N) is 2. The largest absolute Gasteiger partial charge is 0.490 e. The molecule has 4 fully saturated rings. The summed E-state index contributed by atoms with van der Waals surface area (Å²) in [6.07, 6.45) is 10.8. The van der Waals surface area contributed by atoms with Crippen LogP contribution in [-0.2, 0) is 4.79 Å². The van der Waals surface area contributed by atoms with Crippen LogP contribution in [0.15, 0.2) is 66.0 Å². The molecule has 15 nitrogen and oxygen atoms in total. The SMILES string of the molecule is CC(C)Oc1cc2nn(C3CCC(CN4CCN(c5ccn6c(N7CCC(=O)NC7=O)cnc6c5)CC4)CC3)cc2cc1C(=O)Nc1cccn([C@H]2C[C@H]2F)c1=O. The lowest BCUT2D eigenvalue weighted by atomic mass is 9.85. The molecule has 2 aliphatic heterocycles. The summed E-state index contributed by atoms with van der Waals surface area (Å²) in [4.78, 5) is 61.7. The van der Waals surface area contributed by atoms with Gasteiger partial charge in [0.05, 0.1) is 35.5 Å². The van der Waals surface area contributed by atoms with Crippen LogP contribution in [0.2, 0.25) is 0 Å². The third-order valence-electron chi connectivity index (χ3n) is 11.7. The molecule has 6 heterocycles. The molecule has 0 bridgehead atoms. The maximum Gasteiger partial charge on any atom is 0.329 e. The molecule has 4 aromatic heterocycles. The Labute approximate surface area is 328 Å². The van der Waals surface area contributed by atoms with Crippen LogP contribution in [0.4, 0.5) is 26.4 Å². The highest BCUT2D eigenvalue weighted by atomic mass is 19.1. The minimum atomic E-state index is -1.04. The second-order valence-corrected chi connectivity index (χ2v) is 16.0. The Kier molecular flexibility index (Phi) is 9.67. The van der Waals surface area contributed by atoms with Gasteiger partial charge in [0.2, 0.25) is 5.91 Å². The Morgan fingerprint density at radius 1 is 1.02 bits per heavy atom. The van der Waals surface area contributed by atoms with Gasteiger partial charge < -0.3 is 19.5 Å². The lowest BCUT2D eigenvalue weighted by Crippen LogP contribution is -2.50. The number of nitrogens with zero attached hydrogens (tertiary/aromatic N) is 8. The Hall–Kier alpha value is -5.77. The Morgan fingerprint density at radius 3 is 2.54 bits per heavy atom. The van der Waals surface area contributed by atoms with E-state index < -0.39 is 29.7 Å². The van der Waals surface area contributed by atoms with E-state index in [2.05, 4.69) is 37.6 Å². The zero-order valence-electron chi connectivity index (χ0n) is 32.1. The molecule has 1 aromatic carbocycles. The number of urea groups is 1. The summed E-state index contributed by atoms with van der Waals surface area (Å²) in [7, 11) is 0. The third kappa shape index (κ3) is 7.45. The average Bonchev–Trinajstić information content (AvgIpc) is 3.55. The summed E-state index contributed by atoms with van der Waals surface area (Å²) < 4.78 is 25.1. The number of anilines is 3. The van der Waals surface area contributed by atoms with Gasteiger partial charge in [-0.05, 0) is 69.7 Å². The summed E-state index contributed by atoms with van der Waals surface area (Å²) >= 11 is 0. The van der Waals surface area contributed by atoms with Crippen LogP contribution in [0, 0.1) is 5.92 Å². The first-order chi connectivity index (χ1) is 27.6. The van der Waals surface area contributed by atoms with Crippen molar-refractivity contribution in [2.75, 3.05) is 54.4 Å². The number of hydrogen-bond donors (Lipinski definition) is 2. The number of benzene rings is 1. The summed E-state index contributed by atoms with van der Waals surface area (Å²) in [6.45, 7) is 8.98. The van der Waals surface area contributed by atoms with Crippen molar-refractivity contribution >= 4 is 51.6 Å². The number of halogens is 1. The molecule has 2 saturated carbocycles. The molecule has 2 aliphatic carbocycles. The Morgan fingerprint density at radius 2 is 1.81 bits per heavy atom. The number of pyridine rings is 2. The van der Waals surface area contributed by atoms with Crippen molar-refractivity contribution in [3.05, 3.63) is 77.1 Å². The van der Waals surface area contributed by atoms with Crippen LogP contribution in [0.5, 0.6) is 5.75 Å². The van der Waals surface area contributed by atoms with Crippen LogP contribution in [-0.4, -0.2) is 98.0 Å². The zero-order valence-corrected chi connectivity index (χ0v) is 32.1. The van der Waals surface area contributed by atoms with Crippen LogP contribution in [0.3, 0.4) is 0 Å². The van der Waals surface area contributed by atoms with Crippen molar-refractivity contribution in [1.29, 1.82) is 0 Å². The van der Waals surface area contributed by atoms with Gasteiger partial charge in [0, 0.05) is 93.9 Å². The molecule has 0 unspecified atom stereocenters. The number of piperazine rings is 1. The standard InChI is InChI=1S/C41H47FN10O5/c1-25(2)57-35-21-33-27(18-30(35)39(54)44-32-4-3-11-49(40(32)55)34-20-31(34)42)24-52(46-33)28-7-5-26(6-8-28)23-47-14-16-48(17-15-47)29-9-12-50-36(19-29)43-22-38(50)51-13-10-37(53)45-41(51)56/h3-4,9,11-12,18-19,21-22,24-26,28,31,34H,5-8,10,13-17,20,23H2,1-2H3,(H,44,54)(H,45,53,56)/t26?,28?,31-,34+/m1/s1. The quantitative estimate of drug-likeness (QED) is 0.196. The van der Waals surface area contributed by atoms with Crippen LogP contribution >= 0.6 is 0 Å². The van der Waals surface area contributed by atoms with E-state index in [0.29, 0.717) is 36.0 Å². The molecule has 298 valence electrons. The van der Waals surface area contributed by atoms with Gasteiger partial charge >= 0.3 is 6.03 Å². The van der Waals surface area contributed by atoms with Crippen LogP contribution < -0.4 is 30.7 Å². The van der Waals surface area contributed by atoms with E-state index in [1.807, 2.05) is 35.3 Å². The zero-order chi connectivity index (χ0) is 39.4. The van der Waals surface area contributed by atoms with E-state index in [0.717, 1.165) is 80.6 Å². The van der Waals surface area contributed by atoms with Gasteiger partial charge in [0.15, 0.2) is 0 Å². The van der Waals surface area contributed by atoms with Crippen molar-refractivity contribution in [2.24, 2.45) is 5.92 Å². The van der Waals surface area contributed by atoms with E-state index in [9.17, 15) is 23.6 Å². The van der Waals surface area contributed by atoms with E-state index in [-0.39, 0.29) is 30.2 Å². The lowest BCUT2D eigenvalue weighted by molar-refractivity contribution is -0.120. The van der Waals surface area contributed by atoms with Crippen molar-refractivity contribution < 1.29 is 23.5 Å². The van der Waals surface area contributed by atoms with Crippen molar-refractivity contribution in [2.45, 2.75) is 76.7 Å². The second kappa shape index (κ2) is 15.0. The highest BCUT2D eigenvalue weighted by Gasteiger charge is 2.40. The highest BCUT2D eigenvalue weighted by molar-refractivity contribution is 6.08. The Bertz CT molecular complexity index is 2410. The molecular weight excluding hydrogens is 732 g/mol. The van der Waals surface area contributed by atoms with E-state index in [4.69, 9.17) is 9.84 Å². The van der Waals surface area contributed by atoms with Crippen LogP contribution in [0.1, 0.15) is 74.8 Å². The molecule has 2 N–H and O–H groups in total. The fraction of sp³-hybridized carbons (Fsp3) is 0.463. The van der Waals surface area contributed by atoms with Gasteiger partial charge in [-0.3, -0.25) is 38.6 Å². The normalized spacial score (nSPS) is 23.0. The summed E-state index contributed by atoms with van der Waals surface area (Å²) in [5, 5.41) is 10.9. The molecule has 0 spiro atoms. The van der Waals surface area contributed by atoms with E-state index in [1.165, 1.54) is 10.6 Å². The number of amides is 4. The maximum atomic E-state index is 13.7. The first-order valence-corrected chi connectivity index (χ1v) is 20.0. The highest BCUT2D eigenvalue weighted by Crippen LogP contribution is 2.38. The van der Waals surface area contributed by atoms with Crippen molar-refractivity contribution in [1.82, 2.24) is 33.9 Å². The average molecular weight is 779 g/mol. The molecule has 0 radical (unpaired) electrons. The molecular formula is C41H47FN10O5. The number of carbonyl (C=O) groups excluding carboxylic acids is 3. The third-order valence-corrected chi connectivity index (χ3v) is 11.7. The van der Waals surface area contributed by atoms with Gasteiger partial charge in [-0.1, -0.05) is 0 Å². The number of aromatic nitrogens is 5.